The van der Waals surface area contributed by atoms with Crippen LogP contribution in [0.1, 0.15) is 32.3 Å². The number of fused-ring (bicyclic) bond motifs is 2. The molecule has 2 aliphatic rings. The Kier molecular flexibility index (Phi) is 6.68. The summed E-state index contributed by atoms with van der Waals surface area (Å²) in [4.78, 5) is 36.4. The minimum Gasteiger partial charge on any atom is -0.396 e. The van der Waals surface area contributed by atoms with Crippen molar-refractivity contribution in [3.8, 4) is 11.5 Å². The van der Waals surface area contributed by atoms with Gasteiger partial charge in [-0.15, -0.1) is 0 Å². The fourth-order valence-electron chi connectivity index (χ4n) is 3.02. The number of rotatable bonds is 5. The summed E-state index contributed by atoms with van der Waals surface area (Å²) in [5, 5.41) is 9.06. The molecule has 2 aliphatic heterocycles. The van der Waals surface area contributed by atoms with E-state index in [4.69, 9.17) is 5.11 Å². The van der Waals surface area contributed by atoms with Crippen molar-refractivity contribution >= 4 is 16.7 Å². The Balaban J connectivity index is 0.00000126. The molecule has 146 valence electrons. The minimum atomic E-state index is -0.686. The van der Waals surface area contributed by atoms with Gasteiger partial charge >= 0.3 is 5.69 Å². The number of nitrogens with one attached hydrogen (secondary N) is 1. The van der Waals surface area contributed by atoms with Gasteiger partial charge < -0.3 is 14.6 Å². The van der Waals surface area contributed by atoms with E-state index in [-0.39, 0.29) is 18.1 Å². The van der Waals surface area contributed by atoms with Crippen molar-refractivity contribution in [3.63, 3.8) is 0 Å². The molecule has 0 spiro atoms. The summed E-state index contributed by atoms with van der Waals surface area (Å²) in [5.41, 5.74) is 2.46. The minimum absolute atomic E-state index is 0.0877. The number of hydrogen-bond donors (Lipinski definition) is 2. The number of aromatic amines is 1. The number of anilines is 1. The molecular weight excluding hydrogens is 346 g/mol. The lowest BCUT2D eigenvalue weighted by atomic mass is 10.1. The van der Waals surface area contributed by atoms with Crippen LogP contribution in [0.5, 0.6) is 0 Å². The summed E-state index contributed by atoms with van der Waals surface area (Å²) in [7, 11) is 3.91. The standard InChI is InChI=1S/C17H21N5O3.C2H6/c1-10-8-11-13(9-12(10)21(2)3)22(6-4-5-7-23)15-14(18-11)16(24)20-17(25)19-15;1-2/h8-9,23H,4-7H2,1-3H3,(H,20,24,25);1-2H3. The molecule has 0 radical (unpaired) electrons. The van der Waals surface area contributed by atoms with Gasteiger partial charge in [0.1, 0.15) is 0 Å². The number of unbranched alkanes of at least 4 members (excludes halogenated alkanes) is 1. The van der Waals surface area contributed by atoms with Gasteiger partial charge in [0, 0.05) is 32.9 Å². The van der Waals surface area contributed by atoms with Crippen LogP contribution in [-0.2, 0) is 6.54 Å². The summed E-state index contributed by atoms with van der Waals surface area (Å²) >= 11 is 0. The number of H-pyrrole nitrogens is 1. The smallest absolute Gasteiger partial charge is 0.349 e. The molecule has 2 heterocycles. The second kappa shape index (κ2) is 8.77. The topological polar surface area (TPSA) is 104 Å². The second-order valence-electron chi connectivity index (χ2n) is 6.26. The van der Waals surface area contributed by atoms with Gasteiger partial charge in [-0.2, -0.15) is 4.98 Å². The molecule has 2 N–H and O–H groups in total. The third-order valence-electron chi connectivity index (χ3n) is 4.20. The van der Waals surface area contributed by atoms with Crippen LogP contribution < -0.4 is 16.1 Å². The molecule has 27 heavy (non-hydrogen) atoms. The number of aromatic nitrogens is 4. The molecule has 0 aliphatic carbocycles. The average Bonchev–Trinajstić information content (AvgIpc) is 2.63. The molecular formula is C19H27N5O3. The monoisotopic (exact) mass is 373 g/mol. The maximum absolute atomic E-state index is 12.2. The summed E-state index contributed by atoms with van der Waals surface area (Å²) in [6, 6.07) is 3.92. The van der Waals surface area contributed by atoms with Crippen LogP contribution in [0.3, 0.4) is 0 Å². The van der Waals surface area contributed by atoms with Crippen molar-refractivity contribution in [3.05, 3.63) is 38.5 Å². The van der Waals surface area contributed by atoms with Gasteiger partial charge in [-0.3, -0.25) is 9.78 Å². The van der Waals surface area contributed by atoms with Gasteiger partial charge in [0.2, 0.25) is 0 Å². The SMILES string of the molecule is CC.Cc1cc2nc3c(=O)[nH]c(=O)nc-3n(CCCCO)c2cc1N(C)C. The molecule has 8 nitrogen and oxygen atoms in total. The van der Waals surface area contributed by atoms with Crippen molar-refractivity contribution in [1.82, 2.24) is 19.5 Å². The number of aryl methyl sites for hydroxylation is 2. The first-order chi connectivity index (χ1) is 12.9. The molecule has 1 aromatic carbocycles. The first-order valence-electron chi connectivity index (χ1n) is 9.16. The van der Waals surface area contributed by atoms with Crippen LogP contribution in [-0.4, -0.2) is 45.3 Å². The van der Waals surface area contributed by atoms with Crippen LogP contribution in [0.4, 0.5) is 5.69 Å². The van der Waals surface area contributed by atoms with Crippen molar-refractivity contribution in [2.75, 3.05) is 25.6 Å². The van der Waals surface area contributed by atoms with Crippen LogP contribution in [0.2, 0.25) is 0 Å². The molecule has 0 fully saturated rings. The molecule has 3 rings (SSSR count). The first kappa shape index (κ1) is 20.6. The highest BCUT2D eigenvalue weighted by molar-refractivity contribution is 5.84. The van der Waals surface area contributed by atoms with Crippen LogP contribution in [0.25, 0.3) is 22.6 Å². The second-order valence-corrected chi connectivity index (χ2v) is 6.26. The van der Waals surface area contributed by atoms with Gasteiger partial charge in [0.05, 0.1) is 11.0 Å². The van der Waals surface area contributed by atoms with Crippen LogP contribution in [0, 0.1) is 6.92 Å². The van der Waals surface area contributed by atoms with E-state index in [9.17, 15) is 9.59 Å². The highest BCUT2D eigenvalue weighted by atomic mass is 16.3. The van der Waals surface area contributed by atoms with E-state index >= 15 is 0 Å². The maximum atomic E-state index is 12.2. The van der Waals surface area contributed by atoms with Gasteiger partial charge in [0.25, 0.3) is 5.56 Å². The fraction of sp³-hybridized carbons (Fsp3) is 0.474. The van der Waals surface area contributed by atoms with E-state index < -0.39 is 11.2 Å². The zero-order valence-corrected chi connectivity index (χ0v) is 16.5. The van der Waals surface area contributed by atoms with Gasteiger partial charge in [-0.1, -0.05) is 13.8 Å². The molecule has 0 atom stereocenters. The summed E-state index contributed by atoms with van der Waals surface area (Å²) in [6.07, 6.45) is 1.32. The molecule has 1 aromatic rings. The van der Waals surface area contributed by atoms with E-state index in [1.165, 1.54) is 0 Å². The molecule has 0 amide bonds. The summed E-state index contributed by atoms with van der Waals surface area (Å²) in [6.45, 7) is 6.60. The first-order valence-corrected chi connectivity index (χ1v) is 9.16. The van der Waals surface area contributed by atoms with E-state index in [1.54, 1.807) is 0 Å². The maximum Gasteiger partial charge on any atom is 0.349 e. The Hall–Kier alpha value is -2.74. The third kappa shape index (κ3) is 4.16. The zero-order valence-electron chi connectivity index (χ0n) is 16.5. The van der Waals surface area contributed by atoms with Crippen LogP contribution >= 0.6 is 0 Å². The highest BCUT2D eigenvalue weighted by Crippen LogP contribution is 2.28. The van der Waals surface area contributed by atoms with Crippen molar-refractivity contribution < 1.29 is 5.11 Å². The van der Waals surface area contributed by atoms with Gasteiger partial charge in [-0.05, 0) is 37.5 Å². The molecule has 0 unspecified atom stereocenters. The molecule has 0 aromatic heterocycles. The largest absolute Gasteiger partial charge is 0.396 e. The predicted octanol–water partition coefficient (Wildman–Crippen LogP) is 1.76. The van der Waals surface area contributed by atoms with E-state index in [0.29, 0.717) is 24.9 Å². The third-order valence-corrected chi connectivity index (χ3v) is 4.20. The Morgan fingerprint density at radius 1 is 1.15 bits per heavy atom. The van der Waals surface area contributed by atoms with Crippen molar-refractivity contribution in [2.24, 2.45) is 0 Å². The fourth-order valence-corrected chi connectivity index (χ4v) is 3.02. The Morgan fingerprint density at radius 3 is 2.48 bits per heavy atom. The Bertz CT molecular complexity index is 1010. The van der Waals surface area contributed by atoms with E-state index in [2.05, 4.69) is 15.0 Å². The number of nitrogens with zero attached hydrogens (tertiary/aromatic N) is 4. The highest BCUT2D eigenvalue weighted by Gasteiger charge is 2.19. The molecule has 0 saturated heterocycles. The average molecular weight is 373 g/mol. The van der Waals surface area contributed by atoms with Gasteiger partial charge in [-0.25, -0.2) is 9.78 Å². The lowest BCUT2D eigenvalue weighted by Crippen LogP contribution is -2.29. The molecule has 0 bridgehead atoms. The van der Waals surface area contributed by atoms with Crippen molar-refractivity contribution in [1.29, 1.82) is 0 Å². The normalized spacial score (nSPS) is 10.7. The van der Waals surface area contributed by atoms with E-state index in [1.807, 2.05) is 56.5 Å². The van der Waals surface area contributed by atoms with Gasteiger partial charge in [0.15, 0.2) is 11.5 Å². The molecule has 8 heteroatoms. The summed E-state index contributed by atoms with van der Waals surface area (Å²) in [5.74, 6) is 0.271. The Morgan fingerprint density at radius 2 is 1.85 bits per heavy atom. The Labute approximate surface area is 157 Å². The van der Waals surface area contributed by atoms with Crippen LogP contribution in [0.15, 0.2) is 21.7 Å². The predicted molar refractivity (Wildman–Crippen MR) is 108 cm³/mol. The lowest BCUT2D eigenvalue weighted by Gasteiger charge is -2.21. The van der Waals surface area contributed by atoms with E-state index in [0.717, 1.165) is 16.8 Å². The molecule has 0 saturated carbocycles. The number of aliphatic hydroxyl groups is 1. The summed E-state index contributed by atoms with van der Waals surface area (Å²) < 4.78 is 1.84. The number of hydrogen-bond acceptors (Lipinski definition) is 6. The van der Waals surface area contributed by atoms with Crippen molar-refractivity contribution in [2.45, 2.75) is 40.2 Å². The number of benzene rings is 1. The zero-order chi connectivity index (χ0) is 20.1. The quantitative estimate of drug-likeness (QED) is 0.522. The number of aliphatic hydroxyl groups excluding tert-OH is 1. The lowest BCUT2D eigenvalue weighted by molar-refractivity contribution is 0.281.